The largest absolute Gasteiger partial charge is 0.472 e. The minimum atomic E-state index is -1.85. The predicted molar refractivity (Wildman–Crippen MR) is 92.7 cm³/mol. The molecular formula is C18H28O11. The van der Waals surface area contributed by atoms with Crippen LogP contribution in [0.4, 0.5) is 0 Å². The Labute approximate surface area is 167 Å². The van der Waals surface area contributed by atoms with E-state index in [0.29, 0.717) is 5.57 Å². The molecule has 2 heterocycles. The van der Waals surface area contributed by atoms with Crippen LogP contribution in [-0.4, -0.2) is 97.5 Å². The Morgan fingerprint density at radius 3 is 2.45 bits per heavy atom. The number of carbonyl (C=O) groups excluding carboxylic acids is 1. The summed E-state index contributed by atoms with van der Waals surface area (Å²) >= 11 is 0. The molecule has 1 saturated carbocycles. The standard InChI is InChI=1S/C18H28O11/c1-7-6-26-16(28-15-13(24)12(23)11(22)9(5-19)27-15)14-17(3,29-8(2)20)4-10(21)18(7,14)25/h6,9-16,19,21-25H,4-5H2,1-3H3/t9-,10-,11-,12-,13+,14-,15-,16+,17+,18-/m1/s1. The second-order valence-electron chi connectivity index (χ2n) is 8.07. The third-order valence-corrected chi connectivity index (χ3v) is 6.02. The first-order chi connectivity index (χ1) is 13.5. The van der Waals surface area contributed by atoms with Gasteiger partial charge in [-0.2, -0.15) is 0 Å². The molecule has 0 aromatic heterocycles. The number of esters is 1. The normalized spacial score (nSPS) is 49.8. The molecule has 29 heavy (non-hydrogen) atoms. The van der Waals surface area contributed by atoms with Crippen LogP contribution in [0.1, 0.15) is 27.2 Å². The number of aliphatic hydroxyl groups excluding tert-OH is 5. The van der Waals surface area contributed by atoms with Crippen LogP contribution < -0.4 is 0 Å². The lowest BCUT2D eigenvalue weighted by molar-refractivity contribution is -0.352. The van der Waals surface area contributed by atoms with E-state index in [2.05, 4.69) is 0 Å². The second kappa shape index (κ2) is 7.75. The Bertz CT molecular complexity index is 666. The average Bonchev–Trinajstić information content (AvgIpc) is 2.84. The van der Waals surface area contributed by atoms with Gasteiger partial charge in [0.25, 0.3) is 0 Å². The van der Waals surface area contributed by atoms with Gasteiger partial charge < -0.3 is 49.6 Å². The highest BCUT2D eigenvalue weighted by Gasteiger charge is 2.68. The first kappa shape index (κ1) is 22.4. The predicted octanol–water partition coefficient (Wildman–Crippen LogP) is -2.50. The molecule has 166 valence electrons. The van der Waals surface area contributed by atoms with Gasteiger partial charge in [-0.3, -0.25) is 4.79 Å². The molecule has 1 aliphatic carbocycles. The van der Waals surface area contributed by atoms with Crippen molar-refractivity contribution in [3.05, 3.63) is 11.8 Å². The van der Waals surface area contributed by atoms with E-state index in [1.807, 2.05) is 0 Å². The fraction of sp³-hybridized carbons (Fsp3) is 0.833. The maximum Gasteiger partial charge on any atom is 0.303 e. The third-order valence-electron chi connectivity index (χ3n) is 6.02. The number of fused-ring (bicyclic) bond motifs is 1. The summed E-state index contributed by atoms with van der Waals surface area (Å²) < 4.78 is 21.9. The molecule has 0 unspecified atom stereocenters. The molecule has 0 amide bonds. The Morgan fingerprint density at radius 1 is 1.21 bits per heavy atom. The quantitative estimate of drug-likeness (QED) is 0.265. The molecule has 11 heteroatoms. The topological polar surface area (TPSA) is 175 Å². The summed E-state index contributed by atoms with van der Waals surface area (Å²) in [6.07, 6.45) is -9.23. The number of hydrogen-bond acceptors (Lipinski definition) is 11. The minimum Gasteiger partial charge on any atom is -0.472 e. The first-order valence-electron chi connectivity index (χ1n) is 9.34. The monoisotopic (exact) mass is 420 g/mol. The van der Waals surface area contributed by atoms with Gasteiger partial charge in [0.05, 0.1) is 24.9 Å². The van der Waals surface area contributed by atoms with Crippen molar-refractivity contribution in [3.8, 4) is 0 Å². The first-order valence-corrected chi connectivity index (χ1v) is 9.34. The van der Waals surface area contributed by atoms with E-state index in [-0.39, 0.29) is 6.42 Å². The Hall–Kier alpha value is -1.31. The number of hydrogen-bond donors (Lipinski definition) is 6. The summed E-state index contributed by atoms with van der Waals surface area (Å²) in [5, 5.41) is 61.2. The van der Waals surface area contributed by atoms with Crippen LogP contribution in [0, 0.1) is 5.92 Å². The molecule has 0 spiro atoms. The van der Waals surface area contributed by atoms with Crippen molar-refractivity contribution in [1.82, 2.24) is 0 Å². The van der Waals surface area contributed by atoms with Crippen molar-refractivity contribution < 1.29 is 54.4 Å². The zero-order chi connectivity index (χ0) is 21.7. The molecule has 1 saturated heterocycles. The van der Waals surface area contributed by atoms with Gasteiger partial charge in [-0.25, -0.2) is 0 Å². The summed E-state index contributed by atoms with van der Waals surface area (Å²) in [6, 6.07) is 0. The molecule has 3 rings (SSSR count). The van der Waals surface area contributed by atoms with Crippen molar-refractivity contribution in [3.63, 3.8) is 0 Å². The lowest BCUT2D eigenvalue weighted by Crippen LogP contribution is -2.62. The summed E-state index contributed by atoms with van der Waals surface area (Å²) in [5.74, 6) is -1.74. The van der Waals surface area contributed by atoms with Gasteiger partial charge in [0.15, 0.2) is 6.29 Å². The van der Waals surface area contributed by atoms with Crippen molar-refractivity contribution in [1.29, 1.82) is 0 Å². The highest BCUT2D eigenvalue weighted by molar-refractivity contribution is 5.66. The second-order valence-corrected chi connectivity index (χ2v) is 8.07. The van der Waals surface area contributed by atoms with E-state index in [4.69, 9.17) is 18.9 Å². The van der Waals surface area contributed by atoms with Crippen LogP contribution >= 0.6 is 0 Å². The van der Waals surface area contributed by atoms with Gasteiger partial charge >= 0.3 is 5.97 Å². The molecule has 2 aliphatic heterocycles. The van der Waals surface area contributed by atoms with Crippen molar-refractivity contribution in [2.75, 3.05) is 6.61 Å². The van der Waals surface area contributed by atoms with E-state index in [0.717, 1.165) is 0 Å². The molecule has 3 aliphatic rings. The maximum absolute atomic E-state index is 11.6. The number of carbonyl (C=O) groups is 1. The molecule has 10 atom stereocenters. The van der Waals surface area contributed by atoms with Gasteiger partial charge in [0, 0.05) is 13.3 Å². The zero-order valence-electron chi connectivity index (χ0n) is 16.3. The highest BCUT2D eigenvalue weighted by atomic mass is 16.8. The smallest absolute Gasteiger partial charge is 0.303 e. The van der Waals surface area contributed by atoms with Gasteiger partial charge in [0.2, 0.25) is 6.29 Å². The summed E-state index contributed by atoms with van der Waals surface area (Å²) in [7, 11) is 0. The highest BCUT2D eigenvalue weighted by Crippen LogP contribution is 2.53. The van der Waals surface area contributed by atoms with Crippen LogP contribution in [0.25, 0.3) is 0 Å². The molecule has 0 aromatic carbocycles. The zero-order valence-corrected chi connectivity index (χ0v) is 16.3. The average molecular weight is 420 g/mol. The fourth-order valence-electron chi connectivity index (χ4n) is 4.54. The van der Waals surface area contributed by atoms with Crippen LogP contribution in [0.5, 0.6) is 0 Å². The fourth-order valence-corrected chi connectivity index (χ4v) is 4.54. The Kier molecular flexibility index (Phi) is 5.98. The van der Waals surface area contributed by atoms with E-state index in [1.165, 1.54) is 20.1 Å². The molecule has 6 N–H and O–H groups in total. The van der Waals surface area contributed by atoms with E-state index >= 15 is 0 Å². The van der Waals surface area contributed by atoms with E-state index < -0.39 is 72.8 Å². The molecular weight excluding hydrogens is 392 g/mol. The van der Waals surface area contributed by atoms with Gasteiger partial charge in [-0.15, -0.1) is 0 Å². The van der Waals surface area contributed by atoms with Crippen molar-refractivity contribution >= 4 is 5.97 Å². The van der Waals surface area contributed by atoms with Crippen LogP contribution in [-0.2, 0) is 23.7 Å². The number of rotatable bonds is 4. The molecule has 0 aromatic rings. The van der Waals surface area contributed by atoms with Crippen molar-refractivity contribution in [2.24, 2.45) is 5.92 Å². The maximum atomic E-state index is 11.6. The van der Waals surface area contributed by atoms with Crippen molar-refractivity contribution in [2.45, 2.75) is 81.5 Å². The van der Waals surface area contributed by atoms with Gasteiger partial charge in [-0.05, 0) is 19.4 Å². The molecule has 0 radical (unpaired) electrons. The Balaban J connectivity index is 1.91. The molecule has 2 fully saturated rings. The Morgan fingerprint density at radius 2 is 1.86 bits per heavy atom. The lowest BCUT2D eigenvalue weighted by Gasteiger charge is -2.47. The minimum absolute atomic E-state index is 0.100. The van der Waals surface area contributed by atoms with Crippen LogP contribution in [0.3, 0.4) is 0 Å². The molecule has 0 bridgehead atoms. The van der Waals surface area contributed by atoms with Crippen LogP contribution in [0.15, 0.2) is 11.8 Å². The number of aliphatic hydroxyl groups is 6. The summed E-state index contributed by atoms with van der Waals surface area (Å²) in [4.78, 5) is 11.6. The third kappa shape index (κ3) is 3.55. The summed E-state index contributed by atoms with van der Waals surface area (Å²) in [5.41, 5.74) is -2.94. The van der Waals surface area contributed by atoms with Gasteiger partial charge in [0.1, 0.15) is 35.6 Å². The van der Waals surface area contributed by atoms with E-state index in [1.54, 1.807) is 6.92 Å². The molecule has 11 nitrogen and oxygen atoms in total. The summed E-state index contributed by atoms with van der Waals surface area (Å²) in [6.45, 7) is 3.60. The SMILES string of the molecule is CC(=O)O[C@@]1(C)C[C@@H](O)[C@]2(O)C(C)=CO[C@@H](O[C@H]3O[C@H](CO)[C@@H](O)[C@@H](O)[C@@H]3O)[C@@H]21. The van der Waals surface area contributed by atoms with E-state index in [9.17, 15) is 35.4 Å². The van der Waals surface area contributed by atoms with Crippen LogP contribution in [0.2, 0.25) is 0 Å². The lowest BCUT2D eigenvalue weighted by atomic mass is 9.77. The number of ether oxygens (including phenoxy) is 4. The van der Waals surface area contributed by atoms with Gasteiger partial charge in [-0.1, -0.05) is 0 Å².